The Labute approximate surface area is 125 Å². The maximum Gasteiger partial charge on any atom is 0.0594 e. The van der Waals surface area contributed by atoms with Gasteiger partial charge < -0.3 is 17.0 Å². The maximum absolute atomic E-state index is 2.45. The Bertz CT molecular complexity index is 118. The lowest BCUT2D eigenvalue weighted by atomic mass is 10.4. The molecule has 0 bridgehead atoms. The van der Waals surface area contributed by atoms with E-state index in [4.69, 9.17) is 0 Å². The molecule has 0 heterocycles. The van der Waals surface area contributed by atoms with Gasteiger partial charge in [-0.25, -0.2) is 0 Å². The summed E-state index contributed by atoms with van der Waals surface area (Å²) in [6.07, 6.45) is 14.9. The van der Waals surface area contributed by atoms with Crippen LogP contribution < -0.4 is 17.0 Å². The first kappa shape index (κ1) is 23.4. The third kappa shape index (κ3) is 10.9. The predicted molar refractivity (Wildman–Crippen MR) is 87.9 cm³/mol. The van der Waals surface area contributed by atoms with Gasteiger partial charge in [0.15, 0.2) is 0 Å². The summed E-state index contributed by atoms with van der Waals surface area (Å²) in [6.45, 7) is 9.46. The van der Waals surface area contributed by atoms with E-state index in [0.29, 0.717) is 0 Å². The van der Waals surface area contributed by atoms with Gasteiger partial charge >= 0.3 is 0 Å². The first-order valence-electron chi connectivity index (χ1n) is 7.09. The fourth-order valence-electron chi connectivity index (χ4n) is 2.29. The van der Waals surface area contributed by atoms with E-state index in [0.717, 1.165) is 0 Å². The van der Waals surface area contributed by atoms with E-state index in [1.807, 2.05) is 0 Å². The monoisotopic (exact) mass is 344 g/mol. The lowest BCUT2D eigenvalue weighted by molar-refractivity contribution is -0.00000371. The fourth-order valence-corrected chi connectivity index (χ4v) is 6.87. The molecule has 17 heavy (non-hydrogen) atoms. The van der Waals surface area contributed by atoms with Crippen LogP contribution in [-0.4, -0.2) is 24.6 Å². The summed E-state index contributed by atoms with van der Waals surface area (Å²) in [5.74, 6) is 0. The number of halogens is 1. The minimum atomic E-state index is -0.527. The maximum atomic E-state index is 2.45. The van der Waals surface area contributed by atoms with Crippen LogP contribution in [0.4, 0.5) is 0 Å². The largest absolute Gasteiger partial charge is 1.00 e. The zero-order valence-corrected chi connectivity index (χ0v) is 16.5. The molecule has 0 saturated carbocycles. The molecule has 0 spiro atoms. The molecule has 0 nitrogen and oxygen atoms in total. The Balaban J connectivity index is -0.000000980. The molecule has 0 rings (SSSR count). The lowest BCUT2D eigenvalue weighted by Crippen LogP contribution is -3.00. The molecule has 0 aliphatic heterocycles. The van der Waals surface area contributed by atoms with Crippen LogP contribution in [0, 0.1) is 0 Å². The topological polar surface area (TPSA) is 0 Å². The molecule has 0 aromatic carbocycles. The summed E-state index contributed by atoms with van der Waals surface area (Å²) >= 11 is 0. The zero-order chi connectivity index (χ0) is 11.6. The standard InChI is InChI=1S/C14H32P.BrH.H3P/c1-5-9-12-15(8-4,13-10-6-2)14-11-7-3;;/h5-14H2,1-4H3;1H;1H3/q+1;;/p-1. The summed E-state index contributed by atoms with van der Waals surface area (Å²) in [4.78, 5) is 0. The van der Waals surface area contributed by atoms with Gasteiger partial charge in [-0.2, -0.15) is 9.90 Å². The van der Waals surface area contributed by atoms with Crippen molar-refractivity contribution in [2.75, 3.05) is 24.6 Å². The average molecular weight is 345 g/mol. The summed E-state index contributed by atoms with van der Waals surface area (Å²) in [5, 5.41) is 0. The molecular weight excluding hydrogens is 310 g/mol. The van der Waals surface area contributed by atoms with Crippen LogP contribution in [0.5, 0.6) is 0 Å². The smallest absolute Gasteiger partial charge is 0.0594 e. The fraction of sp³-hybridized carbons (Fsp3) is 1.00. The normalized spacial score (nSPS) is 10.6. The van der Waals surface area contributed by atoms with Crippen LogP contribution >= 0.6 is 17.2 Å². The predicted octanol–water partition coefficient (Wildman–Crippen LogP) is 2.49. The van der Waals surface area contributed by atoms with Crippen LogP contribution in [0.2, 0.25) is 0 Å². The summed E-state index contributed by atoms with van der Waals surface area (Å²) in [6, 6.07) is 0. The number of hydrogen-bond donors (Lipinski definition) is 0. The van der Waals surface area contributed by atoms with Crippen molar-refractivity contribution >= 4 is 17.2 Å². The first-order chi connectivity index (χ1) is 7.24. The highest BCUT2D eigenvalue weighted by Crippen LogP contribution is 2.60. The SMILES string of the molecule is CCCC[P+](CC)(CCCC)CCCC.P.[Br-]. The number of hydrogen-bond acceptors (Lipinski definition) is 0. The second-order valence-corrected chi connectivity index (χ2v) is 9.55. The van der Waals surface area contributed by atoms with E-state index in [9.17, 15) is 0 Å². The third-order valence-corrected chi connectivity index (χ3v) is 8.77. The van der Waals surface area contributed by atoms with Crippen LogP contribution in [0.15, 0.2) is 0 Å². The molecule has 0 saturated heterocycles. The van der Waals surface area contributed by atoms with Gasteiger partial charge in [0.1, 0.15) is 0 Å². The van der Waals surface area contributed by atoms with Crippen molar-refractivity contribution in [1.82, 2.24) is 0 Å². The molecule has 1 atom stereocenters. The second-order valence-electron chi connectivity index (χ2n) is 4.89. The minimum absolute atomic E-state index is 0. The Morgan fingerprint density at radius 3 is 1.12 bits per heavy atom. The molecule has 108 valence electrons. The van der Waals surface area contributed by atoms with Gasteiger partial charge in [-0.3, -0.25) is 0 Å². The van der Waals surface area contributed by atoms with Gasteiger partial charge in [0.05, 0.1) is 24.6 Å². The van der Waals surface area contributed by atoms with E-state index in [1.165, 1.54) is 44.7 Å². The molecule has 0 aromatic heterocycles. The summed E-state index contributed by atoms with van der Waals surface area (Å²) in [5.41, 5.74) is 0. The van der Waals surface area contributed by atoms with Gasteiger partial charge in [0.25, 0.3) is 0 Å². The minimum Gasteiger partial charge on any atom is -1.00 e. The second kappa shape index (κ2) is 15.4. The van der Waals surface area contributed by atoms with Gasteiger partial charge in [-0.05, 0) is 26.2 Å². The van der Waals surface area contributed by atoms with Gasteiger partial charge in [-0.1, -0.05) is 40.0 Å². The van der Waals surface area contributed by atoms with Crippen molar-refractivity contribution in [3.63, 3.8) is 0 Å². The van der Waals surface area contributed by atoms with Gasteiger partial charge in [-0.15, -0.1) is 0 Å². The molecule has 3 heteroatoms. The Morgan fingerprint density at radius 2 is 0.941 bits per heavy atom. The third-order valence-electron chi connectivity index (χ3n) is 3.63. The molecule has 0 aliphatic carbocycles. The van der Waals surface area contributed by atoms with E-state index in [1.54, 1.807) is 18.5 Å². The lowest BCUT2D eigenvalue weighted by Gasteiger charge is -2.26. The molecule has 1 unspecified atom stereocenters. The quantitative estimate of drug-likeness (QED) is 0.534. The highest BCUT2D eigenvalue weighted by molar-refractivity contribution is 7.75. The zero-order valence-electron chi connectivity index (χ0n) is 12.6. The van der Waals surface area contributed by atoms with Crippen LogP contribution in [0.3, 0.4) is 0 Å². The van der Waals surface area contributed by atoms with Crippen molar-refractivity contribution in [3.8, 4) is 0 Å². The first-order valence-corrected chi connectivity index (χ1v) is 9.62. The van der Waals surface area contributed by atoms with Crippen LogP contribution in [-0.2, 0) is 0 Å². The van der Waals surface area contributed by atoms with Crippen molar-refractivity contribution in [1.29, 1.82) is 0 Å². The number of unbranched alkanes of at least 4 members (excludes halogenated alkanes) is 3. The molecule has 0 radical (unpaired) electrons. The molecule has 0 aliphatic rings. The summed E-state index contributed by atoms with van der Waals surface area (Å²) in [7, 11) is -0.527. The highest BCUT2D eigenvalue weighted by atomic mass is 79.9. The molecule has 0 fully saturated rings. The molecule has 0 aromatic rings. The Hall–Kier alpha value is 1.34. The van der Waals surface area contributed by atoms with Crippen LogP contribution in [0.1, 0.15) is 66.2 Å². The van der Waals surface area contributed by atoms with Crippen molar-refractivity contribution < 1.29 is 17.0 Å². The van der Waals surface area contributed by atoms with E-state index in [2.05, 4.69) is 27.7 Å². The van der Waals surface area contributed by atoms with Gasteiger partial charge in [0, 0.05) is 7.26 Å². The van der Waals surface area contributed by atoms with E-state index < -0.39 is 7.26 Å². The Morgan fingerprint density at radius 1 is 0.647 bits per heavy atom. The van der Waals surface area contributed by atoms with Crippen molar-refractivity contribution in [3.05, 3.63) is 0 Å². The van der Waals surface area contributed by atoms with Crippen molar-refractivity contribution in [2.24, 2.45) is 0 Å². The molecule has 0 N–H and O–H groups in total. The van der Waals surface area contributed by atoms with E-state index in [-0.39, 0.29) is 26.9 Å². The highest BCUT2D eigenvalue weighted by Gasteiger charge is 2.32. The van der Waals surface area contributed by atoms with Gasteiger partial charge in [0.2, 0.25) is 0 Å². The molecule has 0 amide bonds. The van der Waals surface area contributed by atoms with Crippen LogP contribution in [0.25, 0.3) is 0 Å². The molecular formula is C14H35BrP2. The summed E-state index contributed by atoms with van der Waals surface area (Å²) < 4.78 is 0. The van der Waals surface area contributed by atoms with Crippen molar-refractivity contribution in [2.45, 2.75) is 66.2 Å². The Kier molecular flexibility index (Phi) is 21.2. The van der Waals surface area contributed by atoms with E-state index >= 15 is 0 Å². The number of rotatable bonds is 10. The average Bonchev–Trinajstić information content (AvgIpc) is 2.29.